The van der Waals surface area contributed by atoms with E-state index in [-0.39, 0.29) is 18.1 Å². The number of carbonyl (C=O) groups is 1. The van der Waals surface area contributed by atoms with Crippen LogP contribution >= 0.6 is 0 Å². The van der Waals surface area contributed by atoms with Crippen LogP contribution in [-0.2, 0) is 4.74 Å². The molecule has 0 radical (unpaired) electrons. The standard InChI is InChI=1S/C11H14N2O4/c1-16-9-5-12-4-8(9)13-11(15)7-2-3-10(14)17-6-7/h2-3,6,8-9,12H,4-5H2,1H3,(H,13,15)/t8?,9-/m0/s1. The summed E-state index contributed by atoms with van der Waals surface area (Å²) in [4.78, 5) is 22.6. The molecule has 2 heterocycles. The van der Waals surface area contributed by atoms with Crippen molar-refractivity contribution in [1.82, 2.24) is 10.6 Å². The number of methoxy groups -OCH3 is 1. The summed E-state index contributed by atoms with van der Waals surface area (Å²) in [5.41, 5.74) is -0.148. The van der Waals surface area contributed by atoms with E-state index in [9.17, 15) is 9.59 Å². The van der Waals surface area contributed by atoms with Gasteiger partial charge < -0.3 is 19.8 Å². The lowest BCUT2D eigenvalue weighted by Crippen LogP contribution is -2.43. The van der Waals surface area contributed by atoms with Gasteiger partial charge in [-0.3, -0.25) is 4.79 Å². The summed E-state index contributed by atoms with van der Waals surface area (Å²) in [5.74, 6) is -0.274. The molecule has 1 saturated heterocycles. The van der Waals surface area contributed by atoms with E-state index in [0.717, 1.165) is 6.26 Å². The summed E-state index contributed by atoms with van der Waals surface area (Å²) >= 11 is 0. The molecule has 6 nitrogen and oxygen atoms in total. The lowest BCUT2D eigenvalue weighted by atomic mass is 10.2. The minimum atomic E-state index is -0.473. The molecule has 1 fully saturated rings. The number of ether oxygens (including phenoxy) is 1. The third-order valence-corrected chi connectivity index (χ3v) is 2.74. The molecule has 0 aromatic carbocycles. The third kappa shape index (κ3) is 2.72. The molecular weight excluding hydrogens is 224 g/mol. The summed E-state index contributed by atoms with van der Waals surface area (Å²) in [6.07, 6.45) is 1.12. The Hall–Kier alpha value is -1.66. The van der Waals surface area contributed by atoms with Crippen LogP contribution in [-0.4, -0.2) is 38.3 Å². The summed E-state index contributed by atoms with van der Waals surface area (Å²) in [6.45, 7) is 1.38. The first-order chi connectivity index (χ1) is 8.20. The van der Waals surface area contributed by atoms with E-state index in [1.165, 1.54) is 12.1 Å². The maximum absolute atomic E-state index is 11.8. The van der Waals surface area contributed by atoms with Gasteiger partial charge in [-0.1, -0.05) is 0 Å². The molecule has 1 aliphatic heterocycles. The first-order valence-electron chi connectivity index (χ1n) is 5.34. The largest absolute Gasteiger partial charge is 0.430 e. The quantitative estimate of drug-likeness (QED) is 0.732. The van der Waals surface area contributed by atoms with Crippen molar-refractivity contribution in [2.24, 2.45) is 0 Å². The minimum absolute atomic E-state index is 0.0327. The second-order valence-electron chi connectivity index (χ2n) is 3.86. The minimum Gasteiger partial charge on any atom is -0.430 e. The van der Waals surface area contributed by atoms with Gasteiger partial charge in [0.2, 0.25) is 0 Å². The molecule has 0 bridgehead atoms. The maximum Gasteiger partial charge on any atom is 0.335 e. The van der Waals surface area contributed by atoms with Crippen molar-refractivity contribution in [1.29, 1.82) is 0 Å². The van der Waals surface area contributed by atoms with Crippen LogP contribution in [0.5, 0.6) is 0 Å². The highest BCUT2D eigenvalue weighted by Crippen LogP contribution is 2.05. The highest BCUT2D eigenvalue weighted by atomic mass is 16.5. The number of amides is 1. The molecule has 2 N–H and O–H groups in total. The Labute approximate surface area is 98.0 Å². The smallest absolute Gasteiger partial charge is 0.335 e. The molecule has 0 saturated carbocycles. The van der Waals surface area contributed by atoms with Crippen molar-refractivity contribution in [3.05, 3.63) is 34.4 Å². The second kappa shape index (κ2) is 5.11. The molecule has 1 aromatic rings. The van der Waals surface area contributed by atoms with Crippen LogP contribution in [0.2, 0.25) is 0 Å². The zero-order valence-corrected chi connectivity index (χ0v) is 9.43. The lowest BCUT2D eigenvalue weighted by molar-refractivity contribution is 0.0778. The number of hydrogen-bond acceptors (Lipinski definition) is 5. The van der Waals surface area contributed by atoms with Gasteiger partial charge in [-0.05, 0) is 6.07 Å². The molecule has 6 heteroatoms. The Bertz CT molecular complexity index is 437. The van der Waals surface area contributed by atoms with E-state index >= 15 is 0 Å². The normalized spacial score (nSPS) is 23.6. The summed E-state index contributed by atoms with van der Waals surface area (Å²) < 4.78 is 9.86. The van der Waals surface area contributed by atoms with Crippen LogP contribution in [0, 0.1) is 0 Å². The fourth-order valence-electron chi connectivity index (χ4n) is 1.79. The molecule has 92 valence electrons. The highest BCUT2D eigenvalue weighted by Gasteiger charge is 2.28. The fraction of sp³-hybridized carbons (Fsp3) is 0.455. The monoisotopic (exact) mass is 238 g/mol. The first kappa shape index (κ1) is 11.8. The average Bonchev–Trinajstić information content (AvgIpc) is 2.77. The average molecular weight is 238 g/mol. The zero-order valence-electron chi connectivity index (χ0n) is 9.43. The highest BCUT2D eigenvalue weighted by molar-refractivity contribution is 5.93. The van der Waals surface area contributed by atoms with E-state index in [0.29, 0.717) is 18.7 Å². The van der Waals surface area contributed by atoms with Crippen molar-refractivity contribution in [3.8, 4) is 0 Å². The van der Waals surface area contributed by atoms with Crippen LogP contribution in [0.25, 0.3) is 0 Å². The number of carbonyl (C=O) groups excluding carboxylic acids is 1. The van der Waals surface area contributed by atoms with Crippen LogP contribution in [0.3, 0.4) is 0 Å². The van der Waals surface area contributed by atoms with Gasteiger partial charge >= 0.3 is 5.63 Å². The molecule has 2 atom stereocenters. The summed E-state index contributed by atoms with van der Waals surface area (Å²) in [6, 6.07) is 2.58. The molecule has 0 spiro atoms. The van der Waals surface area contributed by atoms with E-state index in [2.05, 4.69) is 15.1 Å². The van der Waals surface area contributed by atoms with Gasteiger partial charge in [0.05, 0.1) is 17.7 Å². The van der Waals surface area contributed by atoms with Crippen LogP contribution in [0.4, 0.5) is 0 Å². The van der Waals surface area contributed by atoms with Gasteiger partial charge in [0.1, 0.15) is 6.26 Å². The Morgan fingerprint density at radius 2 is 2.35 bits per heavy atom. The van der Waals surface area contributed by atoms with Gasteiger partial charge in [0.15, 0.2) is 0 Å². The van der Waals surface area contributed by atoms with E-state index < -0.39 is 5.63 Å². The molecule has 1 unspecified atom stereocenters. The van der Waals surface area contributed by atoms with E-state index in [1.807, 2.05) is 0 Å². The maximum atomic E-state index is 11.8. The Balaban J connectivity index is 2.01. The van der Waals surface area contributed by atoms with Gasteiger partial charge in [-0.25, -0.2) is 4.79 Å². The van der Waals surface area contributed by atoms with Gasteiger partial charge in [0.25, 0.3) is 5.91 Å². The van der Waals surface area contributed by atoms with Crippen LogP contribution in [0.15, 0.2) is 27.6 Å². The van der Waals surface area contributed by atoms with Crippen LogP contribution < -0.4 is 16.3 Å². The lowest BCUT2D eigenvalue weighted by Gasteiger charge is -2.18. The number of hydrogen-bond donors (Lipinski definition) is 2. The molecule has 1 aromatic heterocycles. The summed E-state index contributed by atoms with van der Waals surface area (Å²) in [7, 11) is 1.61. The van der Waals surface area contributed by atoms with Crippen LogP contribution in [0.1, 0.15) is 10.4 Å². The Kier molecular flexibility index (Phi) is 3.55. The Morgan fingerprint density at radius 3 is 3.00 bits per heavy atom. The van der Waals surface area contributed by atoms with Crippen molar-refractivity contribution < 1.29 is 13.9 Å². The predicted octanol–water partition coefficient (Wildman–Crippen LogP) is -0.644. The predicted molar refractivity (Wildman–Crippen MR) is 59.9 cm³/mol. The Morgan fingerprint density at radius 1 is 1.53 bits per heavy atom. The van der Waals surface area contributed by atoms with E-state index in [4.69, 9.17) is 4.74 Å². The number of nitrogens with one attached hydrogen (secondary N) is 2. The van der Waals surface area contributed by atoms with E-state index in [1.54, 1.807) is 7.11 Å². The molecule has 2 rings (SSSR count). The summed E-state index contributed by atoms with van der Waals surface area (Å²) in [5, 5.41) is 5.95. The third-order valence-electron chi connectivity index (χ3n) is 2.74. The van der Waals surface area contributed by atoms with Crippen molar-refractivity contribution >= 4 is 5.91 Å². The second-order valence-corrected chi connectivity index (χ2v) is 3.86. The topological polar surface area (TPSA) is 80.6 Å². The van der Waals surface area contributed by atoms with Gasteiger partial charge in [-0.15, -0.1) is 0 Å². The molecule has 17 heavy (non-hydrogen) atoms. The van der Waals surface area contributed by atoms with Crippen molar-refractivity contribution in [2.45, 2.75) is 12.1 Å². The van der Waals surface area contributed by atoms with Crippen molar-refractivity contribution in [2.75, 3.05) is 20.2 Å². The fourth-order valence-corrected chi connectivity index (χ4v) is 1.79. The molecule has 1 amide bonds. The first-order valence-corrected chi connectivity index (χ1v) is 5.34. The molecule has 0 aliphatic carbocycles. The SMILES string of the molecule is CO[C@H]1CNCC1NC(=O)c1ccc(=O)oc1. The molecule has 1 aliphatic rings. The van der Waals surface area contributed by atoms with Crippen molar-refractivity contribution in [3.63, 3.8) is 0 Å². The zero-order chi connectivity index (χ0) is 12.3. The van der Waals surface area contributed by atoms with Gasteiger partial charge in [0, 0.05) is 26.3 Å². The number of rotatable bonds is 3. The van der Waals surface area contributed by atoms with Gasteiger partial charge in [-0.2, -0.15) is 0 Å². The molecular formula is C11H14N2O4.